The van der Waals surface area contributed by atoms with Crippen LogP contribution in [-0.2, 0) is 31.3 Å². The molecule has 0 spiro atoms. The molecule has 0 N–H and O–H groups in total. The molecule has 4 aliphatic heterocycles. The minimum Gasteiger partial charge on any atom is -0.472 e. The summed E-state index contributed by atoms with van der Waals surface area (Å²) in [5, 5.41) is 1.08. The lowest BCUT2D eigenvalue weighted by atomic mass is 9.78. The van der Waals surface area contributed by atoms with Gasteiger partial charge in [-0.3, -0.25) is 4.79 Å². The highest BCUT2D eigenvalue weighted by Crippen LogP contribution is 2.46. The second kappa shape index (κ2) is 13.0. The largest absolute Gasteiger partial charge is 0.472 e. The molecule has 11 nitrogen and oxygen atoms in total. The number of nitrogens with zero attached hydrogens (tertiary/aromatic N) is 5. The summed E-state index contributed by atoms with van der Waals surface area (Å²) in [6.45, 7) is 8.51. The second-order valence-corrected chi connectivity index (χ2v) is 14.7. The average Bonchev–Trinajstić information content (AvgIpc) is 3.65. The third-order valence-electron chi connectivity index (χ3n) is 9.54. The number of alkyl halides is 1. The number of hydrogen-bond donors (Lipinski definition) is 0. The first-order valence-corrected chi connectivity index (χ1v) is 17.3. The van der Waals surface area contributed by atoms with Crippen LogP contribution >= 0.6 is 11.6 Å². The van der Waals surface area contributed by atoms with Gasteiger partial charge in [-0.15, -0.1) is 0 Å². The summed E-state index contributed by atoms with van der Waals surface area (Å²) >= 11 is 6.40. The van der Waals surface area contributed by atoms with E-state index in [2.05, 4.69) is 4.98 Å². The lowest BCUT2D eigenvalue weighted by Gasteiger charge is -2.42. The van der Waals surface area contributed by atoms with Gasteiger partial charge in [-0.25, -0.2) is 24.1 Å². The van der Waals surface area contributed by atoms with Gasteiger partial charge in [0.1, 0.15) is 41.1 Å². The van der Waals surface area contributed by atoms with E-state index in [0.717, 1.165) is 5.39 Å². The molecule has 4 atom stereocenters. The Kier molecular flexibility index (Phi) is 8.89. The Morgan fingerprint density at radius 1 is 1.16 bits per heavy atom. The van der Waals surface area contributed by atoms with Crippen LogP contribution in [0.4, 0.5) is 10.2 Å². The molecule has 13 heteroatoms. The topological polar surface area (TPSA) is 120 Å². The number of benzene rings is 1. The van der Waals surface area contributed by atoms with Crippen LogP contribution in [0.3, 0.4) is 0 Å². The van der Waals surface area contributed by atoms with Gasteiger partial charge in [0.15, 0.2) is 17.2 Å². The van der Waals surface area contributed by atoms with E-state index >= 15 is 4.39 Å². The molecule has 6 bridgehead atoms. The lowest BCUT2D eigenvalue weighted by Crippen LogP contribution is -2.49. The summed E-state index contributed by atoms with van der Waals surface area (Å²) in [7, 11) is 0. The fraction of sp³-hybridized carbons (Fsp3) is 0.528. The molecule has 1 amide bonds. The number of anilines is 1. The number of rotatable bonds is 1. The molecule has 0 unspecified atom stereocenters. The van der Waals surface area contributed by atoms with E-state index < -0.39 is 35.3 Å². The van der Waals surface area contributed by atoms with Crippen molar-refractivity contribution in [2.75, 3.05) is 31.1 Å². The van der Waals surface area contributed by atoms with Gasteiger partial charge in [0.2, 0.25) is 11.8 Å². The Labute approximate surface area is 289 Å². The minimum atomic E-state index is -1.84. The predicted octanol–water partition coefficient (Wildman–Crippen LogP) is 6.53. The number of esters is 1. The van der Waals surface area contributed by atoms with E-state index in [4.69, 9.17) is 40.2 Å². The van der Waals surface area contributed by atoms with Crippen LogP contribution in [-0.4, -0.2) is 75.7 Å². The predicted molar refractivity (Wildman–Crippen MR) is 181 cm³/mol. The molecular weight excluding hydrogens is 653 g/mol. The molecule has 4 aliphatic rings. The van der Waals surface area contributed by atoms with E-state index in [9.17, 15) is 9.59 Å². The molecule has 8 rings (SSSR count). The Balaban J connectivity index is 1.33. The van der Waals surface area contributed by atoms with E-state index in [1.165, 1.54) is 6.20 Å². The van der Waals surface area contributed by atoms with E-state index in [1.54, 1.807) is 17.9 Å². The van der Waals surface area contributed by atoms with Crippen molar-refractivity contribution in [3.05, 3.63) is 52.9 Å². The van der Waals surface area contributed by atoms with Crippen molar-refractivity contribution in [2.24, 2.45) is 5.92 Å². The van der Waals surface area contributed by atoms with Crippen molar-refractivity contribution in [1.29, 1.82) is 0 Å². The number of amides is 1. The highest BCUT2D eigenvalue weighted by Gasteiger charge is 2.48. The maximum Gasteiger partial charge on any atom is 0.329 e. The quantitative estimate of drug-likeness (QED) is 0.204. The number of carbonyl (C=O) groups excluding carboxylic acids is 2. The van der Waals surface area contributed by atoms with E-state index in [1.807, 2.05) is 49.9 Å². The number of para-hydroxylation sites is 1. The van der Waals surface area contributed by atoms with Gasteiger partial charge in [0.05, 0.1) is 17.1 Å². The van der Waals surface area contributed by atoms with Crippen LogP contribution in [0.15, 0.2) is 40.9 Å². The summed E-state index contributed by atoms with van der Waals surface area (Å²) in [6.07, 6.45) is 2.75. The molecule has 260 valence electrons. The molecule has 7 heterocycles. The third-order valence-corrected chi connectivity index (χ3v) is 9.75. The van der Waals surface area contributed by atoms with Crippen molar-refractivity contribution in [3.8, 4) is 5.88 Å². The van der Waals surface area contributed by atoms with Crippen LogP contribution in [0, 0.1) is 5.92 Å². The van der Waals surface area contributed by atoms with Crippen molar-refractivity contribution in [1.82, 2.24) is 19.9 Å². The fourth-order valence-corrected chi connectivity index (χ4v) is 7.26. The summed E-state index contributed by atoms with van der Waals surface area (Å²) in [4.78, 5) is 44.7. The maximum atomic E-state index is 17.2. The van der Waals surface area contributed by atoms with Gasteiger partial charge in [0.25, 0.3) is 0 Å². The molecule has 2 fully saturated rings. The molecule has 49 heavy (non-hydrogen) atoms. The Hall–Kier alpha value is -4.03. The highest BCUT2D eigenvalue weighted by molar-refractivity contribution is 6.30. The summed E-state index contributed by atoms with van der Waals surface area (Å²) in [5.41, 5.74) is -0.702. The van der Waals surface area contributed by atoms with Crippen molar-refractivity contribution >= 4 is 51.4 Å². The second-order valence-electron chi connectivity index (χ2n) is 14.3. The number of carbonyl (C=O) groups is 2. The number of hydrogen-bond acceptors (Lipinski definition) is 10. The number of piperidine rings is 1. The van der Waals surface area contributed by atoms with Gasteiger partial charge < -0.3 is 28.4 Å². The highest BCUT2D eigenvalue weighted by atomic mass is 35.5. The SMILES string of the molecule is C[C@H]1CN2CC[C@]1(F)c1cc(Cl)cnc1O[C@H]1C[C@@H](C(=O)OC(C)(C)C)N(C1)c1nc(nc3c1oc1ccccc13)COCCCCC2=O. The molecular formula is C36H41ClFN5O6. The van der Waals surface area contributed by atoms with Crippen LogP contribution < -0.4 is 9.64 Å². The number of ether oxygens (including phenoxy) is 3. The maximum absolute atomic E-state index is 17.2. The molecule has 3 aromatic heterocycles. The Morgan fingerprint density at radius 3 is 2.78 bits per heavy atom. The molecule has 2 saturated heterocycles. The normalized spacial score (nSPS) is 25.3. The number of halogens is 2. The molecule has 0 saturated carbocycles. The van der Waals surface area contributed by atoms with Crippen LogP contribution in [0.5, 0.6) is 5.88 Å². The third kappa shape index (κ3) is 6.64. The van der Waals surface area contributed by atoms with Gasteiger partial charge in [0, 0.05) is 56.5 Å². The molecule has 0 aliphatic carbocycles. The van der Waals surface area contributed by atoms with E-state index in [-0.39, 0.29) is 61.5 Å². The van der Waals surface area contributed by atoms with Crippen molar-refractivity contribution < 1.29 is 32.6 Å². The zero-order valence-corrected chi connectivity index (χ0v) is 29.0. The van der Waals surface area contributed by atoms with E-state index in [0.29, 0.717) is 54.2 Å². The monoisotopic (exact) mass is 693 g/mol. The standard InChI is InChI=1S/C36H41ClFN5O6/c1-21-18-42-13-12-36(21,38)25-15-22(37)17-39-33(25)47-23-16-26(34(45)49-35(2,3)4)43(19-23)32-31-30(24-9-5-6-10-27(24)48-31)40-28(41-32)20-46-14-8-7-11-29(42)44/h5-6,9-10,15,17,21,23,26H,7-8,11-14,16,18-20H2,1-4H3/t21-,23-,26-,36+/m0/s1. The molecule has 1 aromatic carbocycles. The first-order valence-electron chi connectivity index (χ1n) is 16.9. The summed E-state index contributed by atoms with van der Waals surface area (Å²) < 4.78 is 41.9. The number of aromatic nitrogens is 3. The first-order chi connectivity index (χ1) is 23.4. The molecule has 4 aromatic rings. The van der Waals surface area contributed by atoms with Crippen molar-refractivity contribution in [3.63, 3.8) is 0 Å². The Bertz CT molecular complexity index is 1900. The van der Waals surface area contributed by atoms with Crippen LogP contribution in [0.25, 0.3) is 22.1 Å². The van der Waals surface area contributed by atoms with Gasteiger partial charge in [-0.2, -0.15) is 0 Å². The van der Waals surface area contributed by atoms with Gasteiger partial charge >= 0.3 is 5.97 Å². The minimum absolute atomic E-state index is 0.00603. The zero-order chi connectivity index (χ0) is 34.5. The fourth-order valence-electron chi connectivity index (χ4n) is 7.11. The molecule has 0 radical (unpaired) electrons. The smallest absolute Gasteiger partial charge is 0.329 e. The average molecular weight is 694 g/mol. The van der Waals surface area contributed by atoms with Crippen LogP contribution in [0.1, 0.15) is 71.2 Å². The lowest BCUT2D eigenvalue weighted by molar-refractivity contribution is -0.156. The number of pyridine rings is 1. The first kappa shape index (κ1) is 33.5. The van der Waals surface area contributed by atoms with Gasteiger partial charge in [-0.05, 0) is 51.8 Å². The summed E-state index contributed by atoms with van der Waals surface area (Å²) in [6, 6.07) is 8.34. The zero-order valence-electron chi connectivity index (χ0n) is 28.2. The number of fused-ring (bicyclic) bond motifs is 11. The Morgan fingerprint density at radius 2 is 1.98 bits per heavy atom. The van der Waals surface area contributed by atoms with Gasteiger partial charge in [-0.1, -0.05) is 30.7 Å². The van der Waals surface area contributed by atoms with Crippen molar-refractivity contribution in [2.45, 2.75) is 89.8 Å². The summed E-state index contributed by atoms with van der Waals surface area (Å²) in [5.74, 6) is -0.0622. The number of furan rings is 1. The van der Waals surface area contributed by atoms with Crippen LogP contribution in [0.2, 0.25) is 5.02 Å².